The molecule has 9 heteroatoms. The van der Waals surface area contributed by atoms with Crippen LogP contribution in [0.25, 0.3) is 0 Å². The first-order chi connectivity index (χ1) is 9.88. The van der Waals surface area contributed by atoms with E-state index in [0.29, 0.717) is 0 Å². The maximum atomic E-state index is 12.1. The molecular formula is C12H11ClN4O3S. The zero-order valence-electron chi connectivity index (χ0n) is 11.2. The molecule has 0 spiro atoms. The van der Waals surface area contributed by atoms with Crippen LogP contribution in [0, 0.1) is 17.0 Å². The monoisotopic (exact) mass is 326 g/mol. The molecule has 0 aliphatic carbocycles. The summed E-state index contributed by atoms with van der Waals surface area (Å²) in [7, 11) is 0. The molecule has 2 aromatic heterocycles. The normalized spacial score (nSPS) is 12.0. The number of amides is 1. The van der Waals surface area contributed by atoms with E-state index in [1.165, 1.54) is 11.3 Å². The average Bonchev–Trinajstić information content (AvgIpc) is 2.85. The Hall–Kier alpha value is -2.06. The molecule has 0 saturated heterocycles. The van der Waals surface area contributed by atoms with Gasteiger partial charge in [0.2, 0.25) is 0 Å². The third-order valence-electron chi connectivity index (χ3n) is 2.63. The van der Waals surface area contributed by atoms with Crippen molar-refractivity contribution >= 4 is 34.5 Å². The molecule has 0 bridgehead atoms. The summed E-state index contributed by atoms with van der Waals surface area (Å²) in [5, 5.41) is 15.9. The van der Waals surface area contributed by atoms with Gasteiger partial charge in [-0.3, -0.25) is 14.9 Å². The van der Waals surface area contributed by atoms with Crippen LogP contribution in [-0.4, -0.2) is 20.8 Å². The van der Waals surface area contributed by atoms with Crippen molar-refractivity contribution in [2.24, 2.45) is 0 Å². The Kier molecular flexibility index (Phi) is 4.49. The van der Waals surface area contributed by atoms with Gasteiger partial charge in [0.1, 0.15) is 16.4 Å². The minimum absolute atomic E-state index is 0.0361. The van der Waals surface area contributed by atoms with E-state index in [0.717, 1.165) is 23.0 Å². The number of nitrogens with zero attached hydrogens (tertiary/aromatic N) is 3. The highest BCUT2D eigenvalue weighted by atomic mass is 35.5. The Morgan fingerprint density at radius 3 is 2.86 bits per heavy atom. The van der Waals surface area contributed by atoms with Crippen molar-refractivity contribution in [3.05, 3.63) is 49.2 Å². The third kappa shape index (κ3) is 3.53. The van der Waals surface area contributed by atoms with E-state index in [-0.39, 0.29) is 22.4 Å². The molecule has 0 fully saturated rings. The van der Waals surface area contributed by atoms with E-state index in [1.807, 2.05) is 12.3 Å². The summed E-state index contributed by atoms with van der Waals surface area (Å²) in [6.07, 6.45) is 1.01. The van der Waals surface area contributed by atoms with E-state index < -0.39 is 10.8 Å². The fourth-order valence-corrected chi connectivity index (χ4v) is 2.60. The van der Waals surface area contributed by atoms with Crippen LogP contribution < -0.4 is 5.32 Å². The van der Waals surface area contributed by atoms with Crippen LogP contribution in [0.1, 0.15) is 34.0 Å². The molecule has 7 nitrogen and oxygen atoms in total. The lowest BCUT2D eigenvalue weighted by Gasteiger charge is -2.11. The van der Waals surface area contributed by atoms with Gasteiger partial charge >= 0.3 is 0 Å². The fraction of sp³-hybridized carbons (Fsp3) is 0.250. The fourth-order valence-electron chi connectivity index (χ4n) is 1.60. The number of carbonyl (C=O) groups is 1. The quantitative estimate of drug-likeness (QED) is 0.529. The lowest BCUT2D eigenvalue weighted by molar-refractivity contribution is -0.385. The van der Waals surface area contributed by atoms with Crippen molar-refractivity contribution in [3.8, 4) is 0 Å². The van der Waals surface area contributed by atoms with Crippen LogP contribution in [-0.2, 0) is 0 Å². The van der Waals surface area contributed by atoms with Gasteiger partial charge < -0.3 is 5.32 Å². The highest BCUT2D eigenvalue weighted by molar-refractivity contribution is 7.09. The van der Waals surface area contributed by atoms with Gasteiger partial charge in [0.25, 0.3) is 11.6 Å². The number of aryl methyl sites for hydroxylation is 1. The molecule has 1 atom stereocenters. The van der Waals surface area contributed by atoms with Gasteiger partial charge in [0, 0.05) is 17.1 Å². The van der Waals surface area contributed by atoms with Crippen molar-refractivity contribution in [2.45, 2.75) is 19.9 Å². The average molecular weight is 327 g/mol. The van der Waals surface area contributed by atoms with Crippen LogP contribution in [0.4, 0.5) is 5.69 Å². The summed E-state index contributed by atoms with van der Waals surface area (Å²) in [5.74, 6) is -0.531. The lowest BCUT2D eigenvalue weighted by atomic mass is 10.2. The Morgan fingerprint density at radius 2 is 2.29 bits per heavy atom. The molecule has 21 heavy (non-hydrogen) atoms. The van der Waals surface area contributed by atoms with Gasteiger partial charge in [0.05, 0.1) is 16.5 Å². The standard InChI is InChI=1S/C12H11ClN4O3S/c1-6-5-21-12(15-6)7(2)16-11(18)9-3-8(17(19)20)4-14-10(9)13/h3-5,7H,1-2H3,(H,16,18). The maximum absolute atomic E-state index is 12.1. The molecule has 0 saturated carbocycles. The molecule has 1 unspecified atom stereocenters. The van der Waals surface area contributed by atoms with Gasteiger partial charge in [0.15, 0.2) is 0 Å². The van der Waals surface area contributed by atoms with E-state index in [9.17, 15) is 14.9 Å². The largest absolute Gasteiger partial charge is 0.343 e. The second kappa shape index (κ2) is 6.15. The number of hydrogen-bond donors (Lipinski definition) is 1. The molecule has 2 heterocycles. The smallest absolute Gasteiger partial charge is 0.288 e. The first kappa shape index (κ1) is 15.3. The molecule has 0 aromatic carbocycles. The van der Waals surface area contributed by atoms with E-state index in [1.54, 1.807) is 6.92 Å². The second-order valence-electron chi connectivity index (χ2n) is 4.31. The Morgan fingerprint density at radius 1 is 1.57 bits per heavy atom. The molecule has 1 amide bonds. The summed E-state index contributed by atoms with van der Waals surface area (Å²) in [5.41, 5.74) is 0.541. The summed E-state index contributed by atoms with van der Waals surface area (Å²) in [4.78, 5) is 30.2. The zero-order chi connectivity index (χ0) is 15.6. The van der Waals surface area contributed by atoms with Crippen molar-refractivity contribution in [3.63, 3.8) is 0 Å². The Balaban J connectivity index is 2.20. The number of pyridine rings is 1. The van der Waals surface area contributed by atoms with Crippen LogP contribution in [0.5, 0.6) is 0 Å². The maximum Gasteiger partial charge on any atom is 0.288 e. The van der Waals surface area contributed by atoms with Gasteiger partial charge in [-0.2, -0.15) is 0 Å². The van der Waals surface area contributed by atoms with E-state index in [4.69, 9.17) is 11.6 Å². The third-order valence-corrected chi connectivity index (χ3v) is 4.08. The SMILES string of the molecule is Cc1csc(C(C)NC(=O)c2cc([N+](=O)[O-])cnc2Cl)n1. The molecule has 0 radical (unpaired) electrons. The first-order valence-electron chi connectivity index (χ1n) is 5.91. The minimum Gasteiger partial charge on any atom is -0.343 e. The molecule has 2 rings (SSSR count). The number of thiazole rings is 1. The van der Waals surface area contributed by atoms with Crippen molar-refractivity contribution in [2.75, 3.05) is 0 Å². The van der Waals surface area contributed by atoms with Gasteiger partial charge in [-0.25, -0.2) is 9.97 Å². The van der Waals surface area contributed by atoms with Crippen LogP contribution in [0.3, 0.4) is 0 Å². The minimum atomic E-state index is -0.631. The molecule has 1 N–H and O–H groups in total. The number of nitrogens with one attached hydrogen (secondary N) is 1. The van der Waals surface area contributed by atoms with Crippen molar-refractivity contribution in [1.82, 2.24) is 15.3 Å². The van der Waals surface area contributed by atoms with Crippen molar-refractivity contribution in [1.29, 1.82) is 0 Å². The predicted octanol–water partition coefficient (Wildman–Crippen LogP) is 2.90. The molecule has 0 aliphatic heterocycles. The molecule has 0 aliphatic rings. The summed E-state index contributed by atoms with van der Waals surface area (Å²) >= 11 is 7.25. The number of hydrogen-bond acceptors (Lipinski definition) is 6. The van der Waals surface area contributed by atoms with Crippen LogP contribution in [0.2, 0.25) is 5.15 Å². The summed E-state index contributed by atoms with van der Waals surface area (Å²) in [6, 6.07) is 0.774. The molecule has 2 aromatic rings. The number of carbonyl (C=O) groups excluding carboxylic acids is 1. The van der Waals surface area contributed by atoms with Crippen molar-refractivity contribution < 1.29 is 9.72 Å². The predicted molar refractivity (Wildman–Crippen MR) is 78.6 cm³/mol. The summed E-state index contributed by atoms with van der Waals surface area (Å²) in [6.45, 7) is 3.63. The zero-order valence-corrected chi connectivity index (χ0v) is 12.7. The molecular weight excluding hydrogens is 316 g/mol. The van der Waals surface area contributed by atoms with Crippen LogP contribution >= 0.6 is 22.9 Å². The van der Waals surface area contributed by atoms with Gasteiger partial charge in [-0.1, -0.05) is 11.6 Å². The lowest BCUT2D eigenvalue weighted by Crippen LogP contribution is -2.27. The van der Waals surface area contributed by atoms with Crippen LogP contribution in [0.15, 0.2) is 17.6 Å². The number of rotatable bonds is 4. The van der Waals surface area contributed by atoms with E-state index in [2.05, 4.69) is 15.3 Å². The number of halogens is 1. The Labute approximate surface area is 129 Å². The number of nitro groups is 1. The van der Waals surface area contributed by atoms with E-state index >= 15 is 0 Å². The number of aromatic nitrogens is 2. The van der Waals surface area contributed by atoms with Gasteiger partial charge in [-0.15, -0.1) is 11.3 Å². The second-order valence-corrected chi connectivity index (χ2v) is 5.56. The highest BCUT2D eigenvalue weighted by Gasteiger charge is 2.20. The summed E-state index contributed by atoms with van der Waals surface area (Å²) < 4.78 is 0. The topological polar surface area (TPSA) is 98.0 Å². The Bertz CT molecular complexity index is 704. The molecule has 110 valence electrons. The first-order valence-corrected chi connectivity index (χ1v) is 7.17. The van der Waals surface area contributed by atoms with Gasteiger partial charge in [-0.05, 0) is 13.8 Å². The highest BCUT2D eigenvalue weighted by Crippen LogP contribution is 2.21.